The third kappa shape index (κ3) is 3.35. The molecule has 1 heterocycles. The van der Waals surface area contributed by atoms with Gasteiger partial charge in [0, 0.05) is 17.5 Å². The summed E-state index contributed by atoms with van der Waals surface area (Å²) in [6.45, 7) is 13.4. The molecule has 0 radical (unpaired) electrons. The van der Waals surface area contributed by atoms with Gasteiger partial charge in [0.2, 0.25) is 0 Å². The molecule has 0 aromatic heterocycles. The summed E-state index contributed by atoms with van der Waals surface area (Å²) < 4.78 is 13.4. The van der Waals surface area contributed by atoms with Crippen LogP contribution in [0.3, 0.4) is 0 Å². The zero-order valence-electron chi connectivity index (χ0n) is 18.9. The summed E-state index contributed by atoms with van der Waals surface area (Å²) >= 11 is 0. The summed E-state index contributed by atoms with van der Waals surface area (Å²) in [5, 5.41) is 2.49. The number of hydrogen-bond donors (Lipinski definition) is 0. The third-order valence-corrected chi connectivity index (χ3v) is 11.5. The second kappa shape index (κ2) is 7.31. The van der Waals surface area contributed by atoms with E-state index in [4.69, 9.17) is 9.16 Å². The molecule has 0 amide bonds. The molecule has 30 heavy (non-hydrogen) atoms. The summed E-state index contributed by atoms with van der Waals surface area (Å²) in [7, 11) is -2.63. The highest BCUT2D eigenvalue weighted by atomic mass is 28.4. The van der Waals surface area contributed by atoms with Crippen molar-refractivity contribution in [1.82, 2.24) is 0 Å². The molecule has 1 aliphatic heterocycles. The lowest BCUT2D eigenvalue weighted by molar-refractivity contribution is 0.115. The van der Waals surface area contributed by atoms with Crippen molar-refractivity contribution in [3.05, 3.63) is 84.4 Å². The van der Waals surface area contributed by atoms with Crippen LogP contribution in [0.25, 0.3) is 0 Å². The largest absolute Gasteiger partial charge is 0.534 e. The van der Waals surface area contributed by atoms with Gasteiger partial charge in [-0.1, -0.05) is 94.4 Å². The van der Waals surface area contributed by atoms with Crippen LogP contribution in [0.1, 0.15) is 53.0 Å². The minimum Gasteiger partial charge on any atom is -0.534 e. The lowest BCUT2D eigenvalue weighted by atomic mass is 9.89. The van der Waals surface area contributed by atoms with Crippen LogP contribution in [0, 0.1) is 0 Å². The molecule has 0 saturated carbocycles. The molecule has 1 unspecified atom stereocenters. The monoisotopic (exact) mass is 416 g/mol. The van der Waals surface area contributed by atoms with Crippen LogP contribution in [-0.2, 0) is 0 Å². The molecule has 3 aromatic rings. The molecule has 1 atom stereocenters. The highest BCUT2D eigenvalue weighted by Gasteiger charge is 2.52. The predicted molar refractivity (Wildman–Crippen MR) is 128 cm³/mol. The van der Waals surface area contributed by atoms with Crippen molar-refractivity contribution in [3.8, 4) is 11.5 Å². The lowest BCUT2D eigenvalue weighted by Crippen LogP contribution is -2.68. The molecule has 2 nitrogen and oxygen atoms in total. The van der Waals surface area contributed by atoms with Crippen molar-refractivity contribution >= 4 is 18.7 Å². The molecule has 3 aromatic carbocycles. The summed E-state index contributed by atoms with van der Waals surface area (Å²) in [5.74, 6) is 2.19. The number of hydrogen-bond acceptors (Lipinski definition) is 2. The number of fused-ring (bicyclic) bond motifs is 1. The Hall–Kier alpha value is -2.52. The fraction of sp³-hybridized carbons (Fsp3) is 0.333. The van der Waals surface area contributed by atoms with Gasteiger partial charge < -0.3 is 9.16 Å². The van der Waals surface area contributed by atoms with Crippen LogP contribution in [0.4, 0.5) is 0 Å². The van der Waals surface area contributed by atoms with Crippen LogP contribution in [0.2, 0.25) is 5.04 Å². The zero-order valence-corrected chi connectivity index (χ0v) is 19.9. The van der Waals surface area contributed by atoms with Gasteiger partial charge in [-0.3, -0.25) is 0 Å². The summed E-state index contributed by atoms with van der Waals surface area (Å²) in [5.41, 5.74) is 1.06. The molecule has 156 valence electrons. The third-order valence-electron chi connectivity index (χ3n) is 6.56. The van der Waals surface area contributed by atoms with Gasteiger partial charge in [0.05, 0.1) is 0 Å². The average molecular weight is 417 g/mol. The van der Waals surface area contributed by atoms with Gasteiger partial charge in [-0.25, -0.2) is 0 Å². The molecule has 0 N–H and O–H groups in total. The summed E-state index contributed by atoms with van der Waals surface area (Å²) in [6.07, 6.45) is 0. The van der Waals surface area contributed by atoms with E-state index in [2.05, 4.69) is 120 Å². The van der Waals surface area contributed by atoms with Crippen LogP contribution in [0.15, 0.2) is 78.9 Å². The smallest absolute Gasteiger partial charge is 0.319 e. The van der Waals surface area contributed by atoms with E-state index in [9.17, 15) is 0 Å². The number of ether oxygens (including phenoxy) is 1. The fourth-order valence-corrected chi connectivity index (χ4v) is 9.01. The Balaban J connectivity index is 1.87. The van der Waals surface area contributed by atoms with Crippen molar-refractivity contribution < 1.29 is 9.16 Å². The van der Waals surface area contributed by atoms with Crippen LogP contribution in [-0.4, -0.2) is 13.9 Å². The lowest BCUT2D eigenvalue weighted by Gasteiger charge is -2.43. The second-order valence-electron chi connectivity index (χ2n) is 9.89. The van der Waals surface area contributed by atoms with E-state index < -0.39 is 8.32 Å². The van der Waals surface area contributed by atoms with E-state index in [1.54, 1.807) is 0 Å². The molecule has 0 aliphatic carbocycles. The average Bonchev–Trinajstić information content (AvgIpc) is 2.94. The van der Waals surface area contributed by atoms with E-state index >= 15 is 0 Å². The normalized spacial score (nSPS) is 17.9. The van der Waals surface area contributed by atoms with Crippen LogP contribution in [0.5, 0.6) is 11.5 Å². The van der Waals surface area contributed by atoms with Gasteiger partial charge in [0.25, 0.3) is 0 Å². The Kier molecular flexibility index (Phi) is 5.06. The van der Waals surface area contributed by atoms with Crippen molar-refractivity contribution in [2.45, 2.75) is 58.1 Å². The molecule has 0 fully saturated rings. The first-order valence-electron chi connectivity index (χ1n) is 10.8. The quantitative estimate of drug-likeness (QED) is 0.493. The first kappa shape index (κ1) is 20.7. The van der Waals surface area contributed by atoms with Gasteiger partial charge in [0.1, 0.15) is 17.1 Å². The van der Waals surface area contributed by atoms with E-state index in [1.807, 2.05) is 0 Å². The summed E-state index contributed by atoms with van der Waals surface area (Å²) in [4.78, 5) is 0. The van der Waals surface area contributed by atoms with Gasteiger partial charge in [-0.2, -0.15) is 0 Å². The SMILES string of the molecule is CC1c2ccc(O[Si](c3ccccc3)(c3ccccc3)C(C)(C)C)cc2OC1(C)C. The Morgan fingerprint density at radius 1 is 0.833 bits per heavy atom. The van der Waals surface area contributed by atoms with Crippen molar-refractivity contribution in [2.75, 3.05) is 0 Å². The maximum Gasteiger partial charge on any atom is 0.319 e. The highest BCUT2D eigenvalue weighted by molar-refractivity contribution is 7.00. The molecule has 4 rings (SSSR count). The molecule has 3 heteroatoms. The van der Waals surface area contributed by atoms with Gasteiger partial charge >= 0.3 is 8.32 Å². The number of rotatable bonds is 4. The molecular weight excluding hydrogens is 384 g/mol. The summed E-state index contributed by atoms with van der Waals surface area (Å²) in [6, 6.07) is 27.9. The van der Waals surface area contributed by atoms with Gasteiger partial charge in [-0.05, 0) is 35.3 Å². The predicted octanol–water partition coefficient (Wildman–Crippen LogP) is 5.90. The van der Waals surface area contributed by atoms with E-state index in [0.717, 1.165) is 11.5 Å². The van der Waals surface area contributed by atoms with Crippen LogP contribution >= 0.6 is 0 Å². The van der Waals surface area contributed by atoms with Crippen LogP contribution < -0.4 is 19.5 Å². The zero-order chi connectivity index (χ0) is 21.6. The maximum absolute atomic E-state index is 7.13. The fourth-order valence-electron chi connectivity index (χ4n) is 4.60. The van der Waals surface area contributed by atoms with Crippen molar-refractivity contribution in [1.29, 1.82) is 0 Å². The minimum absolute atomic E-state index is 0.0673. The maximum atomic E-state index is 7.13. The van der Waals surface area contributed by atoms with Crippen molar-refractivity contribution in [2.24, 2.45) is 0 Å². The molecule has 0 spiro atoms. The Morgan fingerprint density at radius 3 is 1.87 bits per heavy atom. The molecule has 0 saturated heterocycles. The number of benzene rings is 3. The standard InChI is InChI=1S/C27H32O2Si/c1-20-24-18-17-21(19-25(24)28-27(20,5)6)29-30(26(2,3)4,22-13-9-7-10-14-22)23-15-11-8-12-16-23/h7-20H,1-6H3. The Bertz CT molecular complexity index is 980. The van der Waals surface area contributed by atoms with Crippen molar-refractivity contribution in [3.63, 3.8) is 0 Å². The van der Waals surface area contributed by atoms with E-state index in [0.29, 0.717) is 5.92 Å². The topological polar surface area (TPSA) is 18.5 Å². The van der Waals surface area contributed by atoms with E-state index in [-0.39, 0.29) is 10.6 Å². The molecule has 1 aliphatic rings. The molecular formula is C27H32O2Si. The minimum atomic E-state index is -2.63. The highest BCUT2D eigenvalue weighted by Crippen LogP contribution is 2.46. The van der Waals surface area contributed by atoms with Gasteiger partial charge in [-0.15, -0.1) is 0 Å². The molecule has 0 bridgehead atoms. The first-order valence-corrected chi connectivity index (χ1v) is 12.7. The second-order valence-corrected chi connectivity index (χ2v) is 14.1. The first-order chi connectivity index (χ1) is 14.1. The van der Waals surface area contributed by atoms with Gasteiger partial charge in [0.15, 0.2) is 0 Å². The van der Waals surface area contributed by atoms with E-state index in [1.165, 1.54) is 15.9 Å². The Labute approximate surface area is 182 Å². The Morgan fingerprint density at radius 2 is 1.37 bits per heavy atom.